The zero-order valence-corrected chi connectivity index (χ0v) is 14.1. The van der Waals surface area contributed by atoms with Gasteiger partial charge in [-0.3, -0.25) is 4.79 Å². The van der Waals surface area contributed by atoms with Crippen molar-refractivity contribution in [3.05, 3.63) is 59.9 Å². The second kappa shape index (κ2) is 9.03. The summed E-state index contributed by atoms with van der Waals surface area (Å²) in [6.07, 6.45) is 0.969. The van der Waals surface area contributed by atoms with E-state index in [0.717, 1.165) is 17.8 Å². The van der Waals surface area contributed by atoms with E-state index in [9.17, 15) is 9.18 Å². The highest BCUT2D eigenvalue weighted by Gasteiger charge is 2.07. The number of hydrogen-bond donors (Lipinski definition) is 1. The number of rotatable bonds is 8. The number of nitrogens with one attached hydrogen (secondary N) is 1. The van der Waals surface area contributed by atoms with Crippen LogP contribution in [0.5, 0.6) is 5.75 Å². The Hall–Kier alpha value is -2.40. The normalized spacial score (nSPS) is 10.7. The Balaban J connectivity index is 1.76. The van der Waals surface area contributed by atoms with Crippen LogP contribution in [0.25, 0.3) is 0 Å². The highest BCUT2D eigenvalue weighted by Crippen LogP contribution is 2.17. The number of anilines is 1. The lowest BCUT2D eigenvalue weighted by Crippen LogP contribution is -2.17. The summed E-state index contributed by atoms with van der Waals surface area (Å²) in [5, 5.41) is 2.95. The lowest BCUT2D eigenvalue weighted by Gasteiger charge is -2.15. The molecule has 2 rings (SSSR count). The maximum Gasteiger partial charge on any atom is 0.224 e. The smallest absolute Gasteiger partial charge is 0.224 e. The van der Waals surface area contributed by atoms with Gasteiger partial charge in [0.1, 0.15) is 11.6 Å². The van der Waals surface area contributed by atoms with Gasteiger partial charge in [-0.05, 0) is 56.4 Å². The van der Waals surface area contributed by atoms with Gasteiger partial charge in [0.05, 0.1) is 6.61 Å². The van der Waals surface area contributed by atoms with Crippen molar-refractivity contribution in [3.8, 4) is 5.75 Å². The molecule has 0 aliphatic rings. The number of carbonyl (C=O) groups is 1. The summed E-state index contributed by atoms with van der Waals surface area (Å²) in [5.41, 5.74) is 1.93. The second-order valence-corrected chi connectivity index (χ2v) is 5.85. The van der Waals surface area contributed by atoms with E-state index in [0.29, 0.717) is 25.2 Å². The number of nitrogens with zero attached hydrogens (tertiary/aromatic N) is 1. The zero-order valence-electron chi connectivity index (χ0n) is 14.1. The summed E-state index contributed by atoms with van der Waals surface area (Å²) in [4.78, 5) is 14.1. The first-order valence-electron chi connectivity index (χ1n) is 7.95. The van der Waals surface area contributed by atoms with Crippen molar-refractivity contribution in [3.63, 3.8) is 0 Å². The standard InChI is InChI=1S/C19H23FN2O2/c1-22(2)14-15-6-3-4-7-18(15)21-19(23)8-5-13-24-17-11-9-16(20)10-12-17/h3-4,6-7,9-12H,5,8,13-14H2,1-2H3,(H,21,23). The molecule has 24 heavy (non-hydrogen) atoms. The third-order valence-corrected chi connectivity index (χ3v) is 3.41. The monoisotopic (exact) mass is 330 g/mol. The van der Waals surface area contributed by atoms with Crippen molar-refractivity contribution in [2.24, 2.45) is 0 Å². The number of halogens is 1. The Kier molecular flexibility index (Phi) is 6.75. The van der Waals surface area contributed by atoms with E-state index in [1.165, 1.54) is 12.1 Å². The van der Waals surface area contributed by atoms with E-state index in [1.54, 1.807) is 12.1 Å². The minimum absolute atomic E-state index is 0.0380. The first kappa shape index (κ1) is 17.9. The molecule has 0 fully saturated rings. The molecule has 4 nitrogen and oxygen atoms in total. The van der Waals surface area contributed by atoms with Crippen LogP contribution in [-0.4, -0.2) is 31.5 Å². The second-order valence-electron chi connectivity index (χ2n) is 5.85. The van der Waals surface area contributed by atoms with Gasteiger partial charge in [-0.15, -0.1) is 0 Å². The van der Waals surface area contributed by atoms with Crippen LogP contribution in [0.3, 0.4) is 0 Å². The molecule has 0 radical (unpaired) electrons. The molecule has 1 N–H and O–H groups in total. The van der Waals surface area contributed by atoms with Crippen LogP contribution in [0.2, 0.25) is 0 Å². The summed E-state index contributed by atoms with van der Waals surface area (Å²) in [6.45, 7) is 1.18. The average Bonchev–Trinajstić information content (AvgIpc) is 2.55. The van der Waals surface area contributed by atoms with Crippen LogP contribution < -0.4 is 10.1 Å². The molecule has 0 bridgehead atoms. The molecule has 0 saturated carbocycles. The fourth-order valence-electron chi connectivity index (χ4n) is 2.29. The Morgan fingerprint density at radius 3 is 2.54 bits per heavy atom. The molecule has 1 amide bonds. The Bertz CT molecular complexity index is 657. The van der Waals surface area contributed by atoms with Gasteiger partial charge in [-0.1, -0.05) is 18.2 Å². The molecule has 0 spiro atoms. The van der Waals surface area contributed by atoms with Crippen molar-refractivity contribution >= 4 is 11.6 Å². The van der Waals surface area contributed by atoms with E-state index in [1.807, 2.05) is 38.4 Å². The van der Waals surface area contributed by atoms with Crippen molar-refractivity contribution < 1.29 is 13.9 Å². The van der Waals surface area contributed by atoms with Crippen LogP contribution in [0.1, 0.15) is 18.4 Å². The molecular weight excluding hydrogens is 307 g/mol. The number of ether oxygens (including phenoxy) is 1. The molecule has 0 aliphatic carbocycles. The zero-order chi connectivity index (χ0) is 17.4. The number of para-hydroxylation sites is 1. The van der Waals surface area contributed by atoms with Gasteiger partial charge in [0.25, 0.3) is 0 Å². The molecule has 0 heterocycles. The van der Waals surface area contributed by atoms with Gasteiger partial charge < -0.3 is 15.0 Å². The van der Waals surface area contributed by atoms with E-state index >= 15 is 0 Å². The van der Waals surface area contributed by atoms with Gasteiger partial charge in [0.15, 0.2) is 0 Å². The van der Waals surface area contributed by atoms with E-state index < -0.39 is 0 Å². The average molecular weight is 330 g/mol. The minimum Gasteiger partial charge on any atom is -0.494 e. The molecule has 0 unspecified atom stereocenters. The van der Waals surface area contributed by atoms with Crippen LogP contribution in [0.4, 0.5) is 10.1 Å². The maximum atomic E-state index is 12.8. The van der Waals surface area contributed by atoms with Gasteiger partial charge in [-0.2, -0.15) is 0 Å². The van der Waals surface area contributed by atoms with Crippen molar-refractivity contribution in [1.82, 2.24) is 4.90 Å². The summed E-state index contributed by atoms with van der Waals surface area (Å²) >= 11 is 0. The summed E-state index contributed by atoms with van der Waals surface area (Å²) < 4.78 is 18.3. The Labute approximate surface area is 142 Å². The molecule has 0 atom stereocenters. The van der Waals surface area contributed by atoms with Crippen molar-refractivity contribution in [2.45, 2.75) is 19.4 Å². The predicted octanol–water partition coefficient (Wildman–Crippen LogP) is 3.69. The quantitative estimate of drug-likeness (QED) is 0.751. The van der Waals surface area contributed by atoms with Crippen LogP contribution >= 0.6 is 0 Å². The fourth-order valence-corrected chi connectivity index (χ4v) is 2.29. The molecular formula is C19H23FN2O2. The molecule has 0 aliphatic heterocycles. The summed E-state index contributed by atoms with van der Waals surface area (Å²) in [5.74, 6) is 0.273. The Morgan fingerprint density at radius 1 is 1.12 bits per heavy atom. The molecule has 0 aromatic heterocycles. The number of benzene rings is 2. The molecule has 5 heteroatoms. The van der Waals surface area contributed by atoms with Gasteiger partial charge in [0, 0.05) is 18.7 Å². The van der Waals surface area contributed by atoms with Gasteiger partial charge in [0.2, 0.25) is 5.91 Å². The highest BCUT2D eigenvalue weighted by molar-refractivity contribution is 5.91. The SMILES string of the molecule is CN(C)Cc1ccccc1NC(=O)CCCOc1ccc(F)cc1. The predicted molar refractivity (Wildman–Crippen MR) is 93.6 cm³/mol. The molecule has 128 valence electrons. The van der Waals surface area contributed by atoms with Gasteiger partial charge >= 0.3 is 0 Å². The van der Waals surface area contributed by atoms with Crippen LogP contribution in [0, 0.1) is 5.82 Å². The fraction of sp³-hybridized carbons (Fsp3) is 0.316. The maximum absolute atomic E-state index is 12.8. The number of hydrogen-bond acceptors (Lipinski definition) is 3. The molecule has 2 aromatic carbocycles. The largest absolute Gasteiger partial charge is 0.494 e. The summed E-state index contributed by atoms with van der Waals surface area (Å²) in [7, 11) is 3.98. The number of carbonyl (C=O) groups excluding carboxylic acids is 1. The minimum atomic E-state index is -0.293. The number of amides is 1. The third-order valence-electron chi connectivity index (χ3n) is 3.41. The first-order chi connectivity index (χ1) is 11.5. The van der Waals surface area contributed by atoms with E-state index in [4.69, 9.17) is 4.74 Å². The summed E-state index contributed by atoms with van der Waals surface area (Å²) in [6, 6.07) is 13.6. The van der Waals surface area contributed by atoms with Gasteiger partial charge in [-0.25, -0.2) is 4.39 Å². The lowest BCUT2D eigenvalue weighted by atomic mass is 10.1. The topological polar surface area (TPSA) is 41.6 Å². The van der Waals surface area contributed by atoms with Crippen molar-refractivity contribution in [2.75, 3.05) is 26.0 Å². The molecule has 0 saturated heterocycles. The van der Waals surface area contributed by atoms with Crippen LogP contribution in [0.15, 0.2) is 48.5 Å². The third kappa shape index (κ3) is 6.01. The molecule has 2 aromatic rings. The van der Waals surface area contributed by atoms with Crippen LogP contribution in [-0.2, 0) is 11.3 Å². The highest BCUT2D eigenvalue weighted by atomic mass is 19.1. The first-order valence-corrected chi connectivity index (χ1v) is 7.95. The van der Waals surface area contributed by atoms with E-state index in [-0.39, 0.29) is 11.7 Å². The Morgan fingerprint density at radius 2 is 1.83 bits per heavy atom. The van der Waals surface area contributed by atoms with E-state index in [2.05, 4.69) is 10.2 Å². The van der Waals surface area contributed by atoms with Crippen molar-refractivity contribution in [1.29, 1.82) is 0 Å². The lowest BCUT2D eigenvalue weighted by molar-refractivity contribution is -0.116.